The minimum atomic E-state index is 0.0659. The third kappa shape index (κ3) is 2.78. The number of hydrogen-bond acceptors (Lipinski definition) is 3. The molecule has 1 aliphatic heterocycles. The van der Waals surface area contributed by atoms with Gasteiger partial charge in [-0.1, -0.05) is 78.5 Å². The summed E-state index contributed by atoms with van der Waals surface area (Å²) in [5.74, 6) is 0.472. The number of aliphatic imine (C=N–C) groups is 1. The van der Waals surface area contributed by atoms with E-state index in [0.29, 0.717) is 5.75 Å². The summed E-state index contributed by atoms with van der Waals surface area (Å²) in [5, 5.41) is 5.10. The van der Waals surface area contributed by atoms with E-state index >= 15 is 0 Å². The predicted octanol–water partition coefficient (Wildman–Crippen LogP) is 5.76. The van der Waals surface area contributed by atoms with Crippen LogP contribution in [0.3, 0.4) is 0 Å². The molecule has 1 aliphatic rings. The summed E-state index contributed by atoms with van der Waals surface area (Å²) in [4.78, 5) is 19.4. The molecule has 1 saturated heterocycles. The lowest BCUT2D eigenvalue weighted by Crippen LogP contribution is -2.29. The van der Waals surface area contributed by atoms with E-state index < -0.39 is 0 Å². The topological polar surface area (TPSA) is 32.7 Å². The summed E-state index contributed by atoms with van der Waals surface area (Å²) in [6.45, 7) is 0. The molecule has 0 atom stereocenters. The molecule has 4 heteroatoms. The molecule has 0 spiro atoms. The van der Waals surface area contributed by atoms with Gasteiger partial charge in [0.1, 0.15) is 0 Å². The largest absolute Gasteiger partial charge is 0.273 e. The van der Waals surface area contributed by atoms with Gasteiger partial charge in [-0.05, 0) is 29.0 Å². The standard InChI is InChI=1S/C23H16N2OS/c26-21-15-27-23(24-18-10-2-1-3-11-18)25(21)22-19-12-6-4-8-16(19)14-17-9-5-7-13-20(17)22/h1-14H,15H2. The fourth-order valence-electron chi connectivity index (χ4n) is 3.51. The molecule has 0 bridgehead atoms. The number of para-hydroxylation sites is 1. The molecule has 130 valence electrons. The van der Waals surface area contributed by atoms with Gasteiger partial charge in [-0.3, -0.25) is 9.69 Å². The Hall–Kier alpha value is -3.11. The number of benzene rings is 4. The number of rotatable bonds is 2. The van der Waals surface area contributed by atoms with Gasteiger partial charge in [0.05, 0.1) is 17.1 Å². The van der Waals surface area contributed by atoms with Crippen molar-refractivity contribution in [2.75, 3.05) is 10.7 Å². The molecule has 1 fully saturated rings. The van der Waals surface area contributed by atoms with Gasteiger partial charge < -0.3 is 0 Å². The quantitative estimate of drug-likeness (QED) is 0.421. The Balaban J connectivity index is 1.80. The lowest BCUT2D eigenvalue weighted by molar-refractivity contribution is -0.115. The van der Waals surface area contributed by atoms with Gasteiger partial charge in [0.25, 0.3) is 0 Å². The van der Waals surface area contributed by atoms with Crippen LogP contribution in [0, 0.1) is 0 Å². The molecule has 4 aromatic carbocycles. The van der Waals surface area contributed by atoms with E-state index in [4.69, 9.17) is 4.99 Å². The van der Waals surface area contributed by atoms with Gasteiger partial charge in [0.2, 0.25) is 5.91 Å². The summed E-state index contributed by atoms with van der Waals surface area (Å²) in [6.07, 6.45) is 0. The summed E-state index contributed by atoms with van der Waals surface area (Å²) < 4.78 is 0. The first kappa shape index (κ1) is 16.1. The normalized spacial score (nSPS) is 15.9. The zero-order chi connectivity index (χ0) is 18.2. The zero-order valence-corrected chi connectivity index (χ0v) is 15.3. The molecule has 0 N–H and O–H groups in total. The summed E-state index contributed by atoms with van der Waals surface area (Å²) >= 11 is 1.49. The maximum absolute atomic E-state index is 12.9. The minimum absolute atomic E-state index is 0.0659. The number of carbonyl (C=O) groups excluding carboxylic acids is 1. The molecule has 1 heterocycles. The highest BCUT2D eigenvalue weighted by molar-refractivity contribution is 8.15. The van der Waals surface area contributed by atoms with Gasteiger partial charge in [-0.2, -0.15) is 0 Å². The van der Waals surface area contributed by atoms with Gasteiger partial charge in [0, 0.05) is 10.8 Å². The molecule has 3 nitrogen and oxygen atoms in total. The van der Waals surface area contributed by atoms with Crippen molar-refractivity contribution in [3.05, 3.63) is 84.9 Å². The van der Waals surface area contributed by atoms with Crippen LogP contribution in [0.4, 0.5) is 11.4 Å². The van der Waals surface area contributed by atoms with E-state index in [1.807, 2.05) is 54.6 Å². The molecule has 4 aromatic rings. The van der Waals surface area contributed by atoms with E-state index in [2.05, 4.69) is 30.3 Å². The number of nitrogens with zero attached hydrogens (tertiary/aromatic N) is 2. The van der Waals surface area contributed by atoms with Gasteiger partial charge in [-0.15, -0.1) is 0 Å². The Bertz CT molecular complexity index is 1150. The van der Waals surface area contributed by atoms with E-state index in [1.54, 1.807) is 4.90 Å². The molecule has 0 saturated carbocycles. The third-order valence-corrected chi connectivity index (χ3v) is 5.64. The van der Waals surface area contributed by atoms with Crippen molar-refractivity contribution in [1.29, 1.82) is 0 Å². The van der Waals surface area contributed by atoms with Crippen molar-refractivity contribution < 1.29 is 4.79 Å². The summed E-state index contributed by atoms with van der Waals surface area (Å²) in [7, 11) is 0. The summed E-state index contributed by atoms with van der Waals surface area (Å²) in [5.41, 5.74) is 1.78. The lowest BCUT2D eigenvalue weighted by Gasteiger charge is -2.21. The first-order valence-corrected chi connectivity index (χ1v) is 9.80. The van der Waals surface area contributed by atoms with Crippen LogP contribution in [-0.4, -0.2) is 16.8 Å². The van der Waals surface area contributed by atoms with Crippen molar-refractivity contribution >= 4 is 55.8 Å². The van der Waals surface area contributed by atoms with Gasteiger partial charge in [-0.25, -0.2) is 4.99 Å². The summed E-state index contributed by atoms with van der Waals surface area (Å²) in [6, 6.07) is 28.4. The van der Waals surface area contributed by atoms with Gasteiger partial charge >= 0.3 is 0 Å². The molecule has 0 radical (unpaired) electrons. The smallest absolute Gasteiger partial charge is 0.243 e. The Morgan fingerprint density at radius 2 is 1.37 bits per heavy atom. The number of amides is 1. The molecule has 0 unspecified atom stereocenters. The average Bonchev–Trinajstić information content (AvgIpc) is 3.06. The van der Waals surface area contributed by atoms with E-state index in [9.17, 15) is 4.79 Å². The molecular formula is C23H16N2OS. The van der Waals surface area contributed by atoms with Crippen molar-refractivity contribution in [3.63, 3.8) is 0 Å². The van der Waals surface area contributed by atoms with E-state index in [0.717, 1.165) is 38.1 Å². The fraction of sp³-hybridized carbons (Fsp3) is 0.0435. The number of thioether (sulfide) groups is 1. The van der Waals surface area contributed by atoms with Crippen molar-refractivity contribution in [3.8, 4) is 0 Å². The second kappa shape index (κ2) is 6.56. The third-order valence-electron chi connectivity index (χ3n) is 4.71. The Morgan fingerprint density at radius 1 is 0.778 bits per heavy atom. The van der Waals surface area contributed by atoms with Crippen LogP contribution in [0.1, 0.15) is 0 Å². The number of anilines is 1. The van der Waals surface area contributed by atoms with E-state index in [-0.39, 0.29) is 5.91 Å². The number of carbonyl (C=O) groups is 1. The highest BCUT2D eigenvalue weighted by Crippen LogP contribution is 2.39. The maximum Gasteiger partial charge on any atom is 0.243 e. The molecule has 27 heavy (non-hydrogen) atoms. The van der Waals surface area contributed by atoms with Crippen molar-refractivity contribution in [2.24, 2.45) is 4.99 Å². The Morgan fingerprint density at radius 3 is 2.04 bits per heavy atom. The second-order valence-corrected chi connectivity index (χ2v) is 7.36. The number of amidine groups is 1. The molecule has 0 aromatic heterocycles. The van der Waals surface area contributed by atoms with Crippen molar-refractivity contribution in [1.82, 2.24) is 0 Å². The highest BCUT2D eigenvalue weighted by atomic mass is 32.2. The highest BCUT2D eigenvalue weighted by Gasteiger charge is 2.32. The molecule has 5 rings (SSSR count). The predicted molar refractivity (Wildman–Crippen MR) is 115 cm³/mol. The monoisotopic (exact) mass is 368 g/mol. The van der Waals surface area contributed by atoms with Crippen LogP contribution in [0.15, 0.2) is 89.9 Å². The zero-order valence-electron chi connectivity index (χ0n) is 14.5. The SMILES string of the molecule is O=C1CSC(=Nc2ccccc2)N1c1c2ccccc2cc2ccccc12. The van der Waals surface area contributed by atoms with Crippen LogP contribution < -0.4 is 4.90 Å². The van der Waals surface area contributed by atoms with Crippen molar-refractivity contribution in [2.45, 2.75) is 0 Å². The van der Waals surface area contributed by atoms with Crippen LogP contribution in [0.2, 0.25) is 0 Å². The molecule has 1 amide bonds. The number of fused-ring (bicyclic) bond motifs is 2. The van der Waals surface area contributed by atoms with Crippen LogP contribution in [0.5, 0.6) is 0 Å². The average molecular weight is 368 g/mol. The first-order chi connectivity index (χ1) is 13.3. The number of hydrogen-bond donors (Lipinski definition) is 0. The van der Waals surface area contributed by atoms with Gasteiger partial charge in [0.15, 0.2) is 5.17 Å². The fourth-order valence-corrected chi connectivity index (χ4v) is 4.38. The van der Waals surface area contributed by atoms with E-state index in [1.165, 1.54) is 11.8 Å². The second-order valence-electron chi connectivity index (χ2n) is 6.42. The molecular weight excluding hydrogens is 352 g/mol. The first-order valence-electron chi connectivity index (χ1n) is 8.81. The van der Waals surface area contributed by atoms with Crippen LogP contribution in [0.25, 0.3) is 21.5 Å². The molecule has 0 aliphatic carbocycles. The Labute approximate surface area is 161 Å². The lowest BCUT2D eigenvalue weighted by atomic mass is 10.00. The Kier molecular flexibility index (Phi) is 3.91. The maximum atomic E-state index is 12.9. The van der Waals surface area contributed by atoms with Crippen LogP contribution >= 0.6 is 11.8 Å². The van der Waals surface area contributed by atoms with Crippen LogP contribution in [-0.2, 0) is 4.79 Å². The minimum Gasteiger partial charge on any atom is -0.273 e.